The molecule has 0 saturated heterocycles. The number of aromatic hydroxyl groups is 1. The van der Waals surface area contributed by atoms with E-state index in [1.165, 1.54) is 4.88 Å². The summed E-state index contributed by atoms with van der Waals surface area (Å²) in [7, 11) is 0. The molecule has 7 heteroatoms. The van der Waals surface area contributed by atoms with Crippen molar-refractivity contribution in [2.24, 2.45) is 16.3 Å². The van der Waals surface area contributed by atoms with Crippen LogP contribution in [0, 0.1) is 11.3 Å². The summed E-state index contributed by atoms with van der Waals surface area (Å²) in [6.45, 7) is 6.85. The summed E-state index contributed by atoms with van der Waals surface area (Å²) in [6, 6.07) is 13.1. The summed E-state index contributed by atoms with van der Waals surface area (Å²) >= 11 is 8.41. The molecule has 1 aliphatic carbocycles. The van der Waals surface area contributed by atoms with Crippen LogP contribution in [0.4, 0.5) is 10.7 Å². The molecule has 2 aromatic carbocycles. The van der Waals surface area contributed by atoms with Crippen molar-refractivity contribution in [1.29, 1.82) is 0 Å². The number of para-hydroxylation sites is 1. The van der Waals surface area contributed by atoms with Crippen molar-refractivity contribution in [3.63, 3.8) is 0 Å². The van der Waals surface area contributed by atoms with Gasteiger partial charge >= 0.3 is 0 Å². The first-order valence-corrected chi connectivity index (χ1v) is 13.3. The Bertz CT molecular complexity index is 1210. The fourth-order valence-corrected chi connectivity index (χ4v) is 6.69. The SMILES string of the molecule is CC(C)(C)[C@H]1CCc2c(sc(N=Cc3cc(Br)cc(Br)c3O)c2C(=O)Nc2ccccc2)C1. The Morgan fingerprint density at radius 1 is 1.21 bits per heavy atom. The summed E-state index contributed by atoms with van der Waals surface area (Å²) in [5.74, 6) is 0.543. The maximum absolute atomic E-state index is 13.4. The normalized spacial score (nSPS) is 16.1. The molecule has 3 aromatic rings. The number of hydrogen-bond donors (Lipinski definition) is 2. The molecule has 172 valence electrons. The molecule has 2 N–H and O–H groups in total. The first kappa shape index (κ1) is 24.2. The summed E-state index contributed by atoms with van der Waals surface area (Å²) in [5, 5.41) is 14.1. The van der Waals surface area contributed by atoms with Crippen LogP contribution in [0.5, 0.6) is 5.75 Å². The van der Waals surface area contributed by atoms with Gasteiger partial charge in [-0.3, -0.25) is 4.79 Å². The van der Waals surface area contributed by atoms with Crippen LogP contribution in [0.1, 0.15) is 53.6 Å². The number of halogens is 2. The Morgan fingerprint density at radius 3 is 2.64 bits per heavy atom. The monoisotopic (exact) mass is 588 g/mol. The second kappa shape index (κ2) is 9.72. The predicted octanol–water partition coefficient (Wildman–Crippen LogP) is 8.13. The van der Waals surface area contributed by atoms with Gasteiger partial charge in [-0.1, -0.05) is 54.9 Å². The van der Waals surface area contributed by atoms with Crippen LogP contribution in [0.15, 0.2) is 56.4 Å². The number of carbonyl (C=O) groups excluding carboxylic acids is 1. The van der Waals surface area contributed by atoms with Gasteiger partial charge in [0.15, 0.2) is 0 Å². The lowest BCUT2D eigenvalue weighted by Gasteiger charge is -2.33. The lowest BCUT2D eigenvalue weighted by molar-refractivity contribution is 0.102. The van der Waals surface area contributed by atoms with E-state index in [0.717, 1.165) is 35.0 Å². The quantitative estimate of drug-likeness (QED) is 0.302. The molecule has 1 atom stereocenters. The highest BCUT2D eigenvalue weighted by molar-refractivity contribution is 9.11. The minimum atomic E-state index is -0.139. The predicted molar refractivity (Wildman–Crippen MR) is 144 cm³/mol. The molecule has 0 bridgehead atoms. The van der Waals surface area contributed by atoms with Crippen molar-refractivity contribution in [1.82, 2.24) is 0 Å². The van der Waals surface area contributed by atoms with Crippen LogP contribution in [-0.4, -0.2) is 17.2 Å². The number of phenolic OH excluding ortho intramolecular Hbond substituents is 1. The minimum Gasteiger partial charge on any atom is -0.506 e. The van der Waals surface area contributed by atoms with Crippen LogP contribution in [0.25, 0.3) is 0 Å². The Hall–Kier alpha value is -1.96. The Morgan fingerprint density at radius 2 is 1.94 bits per heavy atom. The maximum Gasteiger partial charge on any atom is 0.259 e. The minimum absolute atomic E-state index is 0.117. The van der Waals surface area contributed by atoms with Crippen molar-refractivity contribution in [2.45, 2.75) is 40.0 Å². The fraction of sp³-hybridized carbons (Fsp3) is 0.308. The van der Waals surface area contributed by atoms with E-state index in [1.54, 1.807) is 29.7 Å². The van der Waals surface area contributed by atoms with Gasteiger partial charge in [-0.2, -0.15) is 0 Å². The van der Waals surface area contributed by atoms with Crippen LogP contribution >= 0.6 is 43.2 Å². The van der Waals surface area contributed by atoms with E-state index in [4.69, 9.17) is 4.99 Å². The molecule has 4 rings (SSSR count). The van der Waals surface area contributed by atoms with Crippen molar-refractivity contribution >= 4 is 66.0 Å². The highest BCUT2D eigenvalue weighted by atomic mass is 79.9. The lowest BCUT2D eigenvalue weighted by atomic mass is 9.72. The number of benzene rings is 2. The largest absolute Gasteiger partial charge is 0.506 e. The van der Waals surface area contributed by atoms with Gasteiger partial charge in [-0.05, 0) is 76.4 Å². The number of anilines is 1. The van der Waals surface area contributed by atoms with E-state index in [2.05, 4.69) is 57.9 Å². The van der Waals surface area contributed by atoms with Gasteiger partial charge in [0.2, 0.25) is 0 Å². The topological polar surface area (TPSA) is 61.7 Å². The maximum atomic E-state index is 13.4. The molecule has 0 unspecified atom stereocenters. The van der Waals surface area contributed by atoms with Gasteiger partial charge in [-0.15, -0.1) is 11.3 Å². The van der Waals surface area contributed by atoms with E-state index < -0.39 is 0 Å². The average Bonchev–Trinajstić information content (AvgIpc) is 3.13. The number of nitrogens with zero attached hydrogens (tertiary/aromatic N) is 1. The van der Waals surface area contributed by atoms with E-state index in [-0.39, 0.29) is 17.1 Å². The van der Waals surface area contributed by atoms with Gasteiger partial charge in [0, 0.05) is 26.8 Å². The van der Waals surface area contributed by atoms with Gasteiger partial charge in [0.1, 0.15) is 10.8 Å². The second-order valence-corrected chi connectivity index (χ2v) is 12.2. The summed E-state index contributed by atoms with van der Waals surface area (Å²) in [6.07, 6.45) is 4.51. The zero-order valence-electron chi connectivity index (χ0n) is 18.8. The smallest absolute Gasteiger partial charge is 0.259 e. The number of hydrogen-bond acceptors (Lipinski definition) is 4. The summed E-state index contributed by atoms with van der Waals surface area (Å²) < 4.78 is 1.41. The number of fused-ring (bicyclic) bond motifs is 1. The molecule has 0 radical (unpaired) electrons. The third-order valence-electron chi connectivity index (χ3n) is 6.11. The first-order valence-electron chi connectivity index (χ1n) is 10.9. The summed E-state index contributed by atoms with van der Waals surface area (Å²) in [4.78, 5) is 19.3. The number of amides is 1. The Balaban J connectivity index is 1.74. The van der Waals surface area contributed by atoms with Gasteiger partial charge in [0.05, 0.1) is 10.0 Å². The zero-order chi connectivity index (χ0) is 23.8. The van der Waals surface area contributed by atoms with Crippen molar-refractivity contribution in [2.75, 3.05) is 5.32 Å². The fourth-order valence-electron chi connectivity index (χ4n) is 4.16. The van der Waals surface area contributed by atoms with Crippen molar-refractivity contribution in [3.8, 4) is 5.75 Å². The number of carbonyl (C=O) groups is 1. The average molecular weight is 590 g/mol. The number of rotatable bonds is 4. The molecule has 1 aromatic heterocycles. The van der Waals surface area contributed by atoms with Crippen molar-refractivity contribution < 1.29 is 9.90 Å². The molecule has 33 heavy (non-hydrogen) atoms. The van der Waals surface area contributed by atoms with Crippen LogP contribution in [0.3, 0.4) is 0 Å². The molecular weight excluding hydrogens is 564 g/mol. The van der Waals surface area contributed by atoms with Gasteiger partial charge < -0.3 is 10.4 Å². The number of thiophene rings is 1. The molecule has 0 spiro atoms. The van der Waals surface area contributed by atoms with Crippen LogP contribution in [-0.2, 0) is 12.8 Å². The van der Waals surface area contributed by atoms with Gasteiger partial charge in [-0.25, -0.2) is 4.99 Å². The van der Waals surface area contributed by atoms with Crippen molar-refractivity contribution in [3.05, 3.63) is 73.0 Å². The highest BCUT2D eigenvalue weighted by Crippen LogP contribution is 2.45. The lowest BCUT2D eigenvalue weighted by Crippen LogP contribution is -2.27. The molecule has 0 aliphatic heterocycles. The third-order valence-corrected chi connectivity index (χ3v) is 8.33. The van der Waals surface area contributed by atoms with Gasteiger partial charge in [0.25, 0.3) is 5.91 Å². The zero-order valence-corrected chi connectivity index (χ0v) is 22.8. The second-order valence-electron chi connectivity index (χ2n) is 9.39. The molecule has 0 fully saturated rings. The number of nitrogens with one attached hydrogen (secondary N) is 1. The van der Waals surface area contributed by atoms with Crippen LogP contribution < -0.4 is 5.32 Å². The summed E-state index contributed by atoms with van der Waals surface area (Å²) in [5.41, 5.74) is 3.31. The van der Waals surface area contributed by atoms with E-state index in [0.29, 0.717) is 26.5 Å². The standard InChI is InChI=1S/C26H26Br2N2O2S/c1-26(2,3)16-9-10-19-21(12-16)33-25(22(19)24(32)30-18-7-5-4-6-8-18)29-14-15-11-17(27)13-20(28)23(15)31/h4-8,11,13-14,16,31H,9-10,12H2,1-3H3,(H,30,32)/t16-/m0/s1. The Labute approximate surface area is 215 Å². The molecular formula is C26H26Br2N2O2S. The number of aliphatic imine (C=N–C) groups is 1. The third kappa shape index (κ3) is 5.42. The molecule has 1 aliphatic rings. The highest BCUT2D eigenvalue weighted by Gasteiger charge is 2.33. The molecule has 1 amide bonds. The van der Waals surface area contributed by atoms with E-state index >= 15 is 0 Å². The first-order chi connectivity index (χ1) is 15.6. The van der Waals surface area contributed by atoms with Crippen LogP contribution in [0.2, 0.25) is 0 Å². The number of phenols is 1. The molecule has 4 nitrogen and oxygen atoms in total. The molecule has 0 saturated carbocycles. The Kier molecular flexibility index (Phi) is 7.12. The van der Waals surface area contributed by atoms with E-state index in [1.807, 2.05) is 30.3 Å². The van der Waals surface area contributed by atoms with E-state index in [9.17, 15) is 9.90 Å². The molecule has 1 heterocycles.